The number of nitrogens with zero attached hydrogens (tertiary/aromatic N) is 1. The van der Waals surface area contributed by atoms with Crippen LogP contribution in [0.2, 0.25) is 0 Å². The molecule has 1 aliphatic rings. The molecule has 0 aliphatic carbocycles. The number of likely N-dealkylation sites (tertiary alicyclic amines) is 1. The summed E-state index contributed by atoms with van der Waals surface area (Å²) in [6, 6.07) is 9.09. The van der Waals surface area contributed by atoms with E-state index in [-0.39, 0.29) is 11.8 Å². The highest BCUT2D eigenvalue weighted by atomic mass is 32.1. The minimum absolute atomic E-state index is 0.0390. The summed E-state index contributed by atoms with van der Waals surface area (Å²) in [6.45, 7) is 7.77. The Morgan fingerprint density at radius 3 is 2.40 bits per heavy atom. The molecule has 3 rings (SSSR count). The second-order valence-electron chi connectivity index (χ2n) is 6.78. The molecule has 25 heavy (non-hydrogen) atoms. The van der Waals surface area contributed by atoms with Crippen molar-refractivity contribution >= 4 is 28.2 Å². The zero-order valence-electron chi connectivity index (χ0n) is 15.0. The van der Waals surface area contributed by atoms with Gasteiger partial charge in [0.15, 0.2) is 0 Å². The van der Waals surface area contributed by atoms with Gasteiger partial charge in [0.25, 0.3) is 11.8 Å². The van der Waals surface area contributed by atoms with Crippen LogP contribution in [0.15, 0.2) is 30.3 Å². The predicted octanol–water partition coefficient (Wildman–Crippen LogP) is 4.49. The summed E-state index contributed by atoms with van der Waals surface area (Å²) in [4.78, 5) is 28.6. The third kappa shape index (κ3) is 3.76. The Morgan fingerprint density at radius 1 is 1.12 bits per heavy atom. The Labute approximate surface area is 152 Å². The van der Waals surface area contributed by atoms with Gasteiger partial charge >= 0.3 is 0 Å². The van der Waals surface area contributed by atoms with Crippen molar-refractivity contribution < 1.29 is 9.59 Å². The fraction of sp³-hybridized carbons (Fsp3) is 0.400. The van der Waals surface area contributed by atoms with Crippen LogP contribution in [-0.2, 0) is 0 Å². The number of rotatable bonds is 3. The number of carbonyl (C=O) groups is 2. The normalized spacial score (nSPS) is 15.2. The lowest BCUT2D eigenvalue weighted by Crippen LogP contribution is -2.38. The van der Waals surface area contributed by atoms with Crippen molar-refractivity contribution in [1.29, 1.82) is 0 Å². The summed E-state index contributed by atoms with van der Waals surface area (Å²) in [5.74, 6) is 0.534. The van der Waals surface area contributed by atoms with E-state index in [1.165, 1.54) is 11.3 Å². The predicted molar refractivity (Wildman–Crippen MR) is 102 cm³/mol. The minimum atomic E-state index is -0.178. The van der Waals surface area contributed by atoms with Crippen molar-refractivity contribution in [3.8, 4) is 0 Å². The van der Waals surface area contributed by atoms with Gasteiger partial charge in [0.05, 0.1) is 5.56 Å². The number of thiophene rings is 1. The molecule has 5 heteroatoms. The molecule has 2 amide bonds. The Balaban J connectivity index is 1.85. The van der Waals surface area contributed by atoms with Crippen molar-refractivity contribution in [2.45, 2.75) is 33.6 Å². The first-order chi connectivity index (χ1) is 12.0. The van der Waals surface area contributed by atoms with Crippen LogP contribution in [0.1, 0.15) is 50.9 Å². The summed E-state index contributed by atoms with van der Waals surface area (Å²) in [6.07, 6.45) is 2.08. The zero-order valence-corrected chi connectivity index (χ0v) is 15.8. The number of carbonyl (C=O) groups excluding carboxylic acids is 2. The lowest BCUT2D eigenvalue weighted by Gasteiger charge is -2.30. The van der Waals surface area contributed by atoms with Crippen molar-refractivity contribution in [3.05, 3.63) is 51.9 Å². The fourth-order valence-electron chi connectivity index (χ4n) is 3.11. The monoisotopic (exact) mass is 356 g/mol. The lowest BCUT2D eigenvalue weighted by molar-refractivity contribution is 0.0698. The number of hydrogen-bond acceptors (Lipinski definition) is 3. The van der Waals surface area contributed by atoms with E-state index >= 15 is 0 Å². The van der Waals surface area contributed by atoms with E-state index in [4.69, 9.17) is 0 Å². The first-order valence-electron chi connectivity index (χ1n) is 8.73. The standard InChI is InChI=1S/C20H24N2O2S/c1-13-9-11-22(12-10-13)20(24)17-14(2)15(3)25-19(17)21-18(23)16-7-5-4-6-8-16/h4-8,13H,9-12H2,1-3H3,(H,21,23). The number of hydrogen-bond donors (Lipinski definition) is 1. The van der Waals surface area contributed by atoms with Crippen LogP contribution in [0, 0.1) is 19.8 Å². The van der Waals surface area contributed by atoms with E-state index in [0.717, 1.165) is 36.4 Å². The summed E-state index contributed by atoms with van der Waals surface area (Å²) in [5.41, 5.74) is 2.22. The Bertz CT molecular complexity index is 774. The SMILES string of the molecule is Cc1sc(NC(=O)c2ccccc2)c(C(=O)N2CCC(C)CC2)c1C. The van der Waals surface area contributed by atoms with Gasteiger partial charge in [-0.15, -0.1) is 11.3 Å². The lowest BCUT2D eigenvalue weighted by atomic mass is 9.98. The maximum absolute atomic E-state index is 13.1. The number of amides is 2. The number of benzene rings is 1. The van der Waals surface area contributed by atoms with Crippen LogP contribution in [0.25, 0.3) is 0 Å². The van der Waals surface area contributed by atoms with Gasteiger partial charge in [-0.3, -0.25) is 9.59 Å². The maximum atomic E-state index is 13.1. The van der Waals surface area contributed by atoms with Gasteiger partial charge in [0, 0.05) is 23.5 Å². The molecule has 1 aromatic heterocycles. The van der Waals surface area contributed by atoms with Crippen LogP contribution >= 0.6 is 11.3 Å². The summed E-state index contributed by atoms with van der Waals surface area (Å²) in [7, 11) is 0. The largest absolute Gasteiger partial charge is 0.339 e. The maximum Gasteiger partial charge on any atom is 0.257 e. The average molecular weight is 356 g/mol. The van der Waals surface area contributed by atoms with E-state index in [0.29, 0.717) is 22.0 Å². The van der Waals surface area contributed by atoms with Crippen molar-refractivity contribution in [1.82, 2.24) is 4.90 Å². The molecule has 1 aliphatic heterocycles. The van der Waals surface area contributed by atoms with E-state index < -0.39 is 0 Å². The first kappa shape index (κ1) is 17.7. The molecule has 0 radical (unpaired) electrons. The molecule has 1 saturated heterocycles. The molecule has 1 N–H and O–H groups in total. The van der Waals surface area contributed by atoms with Crippen LogP contribution < -0.4 is 5.32 Å². The minimum Gasteiger partial charge on any atom is -0.339 e. The van der Waals surface area contributed by atoms with E-state index in [1.54, 1.807) is 12.1 Å². The summed E-state index contributed by atoms with van der Waals surface area (Å²) < 4.78 is 0. The molecule has 132 valence electrons. The van der Waals surface area contributed by atoms with Gasteiger partial charge in [0.1, 0.15) is 5.00 Å². The summed E-state index contributed by atoms with van der Waals surface area (Å²) in [5, 5.41) is 3.61. The number of anilines is 1. The molecule has 1 fully saturated rings. The number of piperidine rings is 1. The van der Waals surface area contributed by atoms with Gasteiger partial charge in [-0.1, -0.05) is 25.1 Å². The van der Waals surface area contributed by atoms with Crippen LogP contribution in [0.5, 0.6) is 0 Å². The number of nitrogens with one attached hydrogen (secondary N) is 1. The van der Waals surface area contributed by atoms with Gasteiger partial charge in [-0.2, -0.15) is 0 Å². The van der Waals surface area contributed by atoms with Crippen molar-refractivity contribution in [2.24, 2.45) is 5.92 Å². The van der Waals surface area contributed by atoms with Crippen LogP contribution in [0.3, 0.4) is 0 Å². The molecule has 2 heterocycles. The third-order valence-corrected chi connectivity index (χ3v) is 6.06. The molecule has 0 spiro atoms. The smallest absolute Gasteiger partial charge is 0.257 e. The van der Waals surface area contributed by atoms with Gasteiger partial charge in [-0.05, 0) is 50.3 Å². The fourth-order valence-corrected chi connectivity index (χ4v) is 4.15. The quantitative estimate of drug-likeness (QED) is 0.881. The highest BCUT2D eigenvalue weighted by Gasteiger charge is 2.27. The average Bonchev–Trinajstić information content (AvgIpc) is 2.89. The Kier molecular flexibility index (Phi) is 5.23. The van der Waals surface area contributed by atoms with Gasteiger partial charge in [-0.25, -0.2) is 0 Å². The third-order valence-electron chi connectivity index (χ3n) is 4.93. The highest BCUT2D eigenvalue weighted by Crippen LogP contribution is 2.34. The highest BCUT2D eigenvalue weighted by molar-refractivity contribution is 7.16. The zero-order chi connectivity index (χ0) is 18.0. The van der Waals surface area contributed by atoms with Gasteiger partial charge < -0.3 is 10.2 Å². The van der Waals surface area contributed by atoms with E-state index in [9.17, 15) is 9.59 Å². The van der Waals surface area contributed by atoms with Gasteiger partial charge in [0.2, 0.25) is 0 Å². The van der Waals surface area contributed by atoms with Crippen LogP contribution in [0.4, 0.5) is 5.00 Å². The Hall–Kier alpha value is -2.14. The topological polar surface area (TPSA) is 49.4 Å². The van der Waals surface area contributed by atoms with Crippen molar-refractivity contribution in [3.63, 3.8) is 0 Å². The molecule has 4 nitrogen and oxygen atoms in total. The molecule has 0 bridgehead atoms. The Morgan fingerprint density at radius 2 is 1.76 bits per heavy atom. The molecule has 0 saturated carbocycles. The summed E-state index contributed by atoms with van der Waals surface area (Å²) >= 11 is 1.48. The van der Waals surface area contributed by atoms with Crippen LogP contribution in [-0.4, -0.2) is 29.8 Å². The molecule has 0 atom stereocenters. The molecular weight excluding hydrogens is 332 g/mol. The molecule has 0 unspecified atom stereocenters. The second kappa shape index (κ2) is 7.40. The first-order valence-corrected chi connectivity index (χ1v) is 9.54. The second-order valence-corrected chi connectivity index (χ2v) is 8.01. The molecule has 2 aromatic rings. The number of aryl methyl sites for hydroxylation is 1. The molecule has 1 aromatic carbocycles. The van der Waals surface area contributed by atoms with Crippen molar-refractivity contribution in [2.75, 3.05) is 18.4 Å². The van der Waals surface area contributed by atoms with E-state index in [2.05, 4.69) is 12.2 Å². The van der Waals surface area contributed by atoms with E-state index in [1.807, 2.05) is 36.9 Å². The molecular formula is C20H24N2O2S.